The van der Waals surface area contributed by atoms with Gasteiger partial charge in [-0.25, -0.2) is 0 Å². The standard InChI is InChI=1S/C18H23N3O2/c1-14-11-16(19-23-14)17-9-6-10-21(17)18(22)13-20(2)12-15-7-4-3-5-8-15/h3-5,7-8,11,17H,6,9-10,12-13H2,1-2H3/t17-/m0/s1. The number of likely N-dealkylation sites (tertiary alicyclic amines) is 1. The van der Waals surface area contributed by atoms with Crippen molar-refractivity contribution in [3.8, 4) is 0 Å². The summed E-state index contributed by atoms with van der Waals surface area (Å²) in [5.74, 6) is 0.951. The van der Waals surface area contributed by atoms with Gasteiger partial charge in [0.1, 0.15) is 11.5 Å². The van der Waals surface area contributed by atoms with Gasteiger partial charge in [0.15, 0.2) is 0 Å². The Morgan fingerprint density at radius 2 is 2.17 bits per heavy atom. The second-order valence-electron chi connectivity index (χ2n) is 6.27. The van der Waals surface area contributed by atoms with E-state index in [2.05, 4.69) is 22.2 Å². The van der Waals surface area contributed by atoms with Crippen molar-refractivity contribution in [1.29, 1.82) is 0 Å². The normalized spacial score (nSPS) is 17.9. The highest BCUT2D eigenvalue weighted by Gasteiger charge is 2.32. The molecule has 3 rings (SSSR count). The van der Waals surface area contributed by atoms with Gasteiger partial charge in [-0.3, -0.25) is 9.69 Å². The molecule has 2 heterocycles. The molecule has 5 nitrogen and oxygen atoms in total. The summed E-state index contributed by atoms with van der Waals surface area (Å²) in [5, 5.41) is 4.09. The van der Waals surface area contributed by atoms with Crippen LogP contribution in [-0.4, -0.2) is 41.0 Å². The van der Waals surface area contributed by atoms with Gasteiger partial charge in [0.2, 0.25) is 5.91 Å². The molecule has 23 heavy (non-hydrogen) atoms. The van der Waals surface area contributed by atoms with Crippen molar-refractivity contribution in [1.82, 2.24) is 15.0 Å². The van der Waals surface area contributed by atoms with Crippen LogP contribution in [0.1, 0.15) is 35.9 Å². The largest absolute Gasteiger partial charge is 0.361 e. The first-order chi connectivity index (χ1) is 11.1. The van der Waals surface area contributed by atoms with Crippen molar-refractivity contribution >= 4 is 5.91 Å². The quantitative estimate of drug-likeness (QED) is 0.851. The first-order valence-corrected chi connectivity index (χ1v) is 8.08. The highest BCUT2D eigenvalue weighted by molar-refractivity contribution is 5.79. The van der Waals surface area contributed by atoms with Crippen LogP contribution in [-0.2, 0) is 11.3 Å². The Hall–Kier alpha value is -2.14. The molecule has 0 unspecified atom stereocenters. The monoisotopic (exact) mass is 313 g/mol. The number of aromatic nitrogens is 1. The van der Waals surface area contributed by atoms with E-state index in [1.165, 1.54) is 5.56 Å². The molecule has 1 aliphatic heterocycles. The highest BCUT2D eigenvalue weighted by Crippen LogP contribution is 2.31. The van der Waals surface area contributed by atoms with Gasteiger partial charge in [0.05, 0.1) is 12.6 Å². The van der Waals surface area contributed by atoms with Crippen LogP contribution in [0.2, 0.25) is 0 Å². The lowest BCUT2D eigenvalue weighted by atomic mass is 10.1. The molecule has 5 heteroatoms. The molecule has 0 spiro atoms. The van der Waals surface area contributed by atoms with Crippen molar-refractivity contribution in [2.75, 3.05) is 20.1 Å². The molecular weight excluding hydrogens is 290 g/mol. The van der Waals surface area contributed by atoms with Gasteiger partial charge in [-0.15, -0.1) is 0 Å². The molecule has 1 saturated heterocycles. The number of carbonyl (C=O) groups excluding carboxylic acids is 1. The minimum absolute atomic E-state index is 0.0603. The third-order valence-corrected chi connectivity index (χ3v) is 4.26. The first-order valence-electron chi connectivity index (χ1n) is 8.08. The van der Waals surface area contributed by atoms with Crippen LogP contribution < -0.4 is 0 Å². The Kier molecular flexibility index (Phi) is 4.76. The first kappa shape index (κ1) is 15.7. The Bertz CT molecular complexity index is 653. The number of benzene rings is 1. The molecule has 1 fully saturated rings. The number of hydrogen-bond donors (Lipinski definition) is 0. The number of amides is 1. The summed E-state index contributed by atoms with van der Waals surface area (Å²) < 4.78 is 5.17. The van der Waals surface area contributed by atoms with Gasteiger partial charge < -0.3 is 9.42 Å². The smallest absolute Gasteiger partial charge is 0.237 e. The molecule has 0 N–H and O–H groups in total. The van der Waals surface area contributed by atoms with E-state index in [9.17, 15) is 4.79 Å². The molecule has 122 valence electrons. The fraction of sp³-hybridized carbons (Fsp3) is 0.444. The number of hydrogen-bond acceptors (Lipinski definition) is 4. The minimum Gasteiger partial charge on any atom is -0.361 e. The van der Waals surface area contributed by atoms with Crippen molar-refractivity contribution in [3.05, 3.63) is 53.4 Å². The van der Waals surface area contributed by atoms with E-state index in [1.807, 2.05) is 43.1 Å². The predicted octanol–water partition coefficient (Wildman–Crippen LogP) is 2.78. The second-order valence-corrected chi connectivity index (χ2v) is 6.27. The van der Waals surface area contributed by atoms with E-state index in [-0.39, 0.29) is 11.9 Å². The maximum Gasteiger partial charge on any atom is 0.237 e. The summed E-state index contributed by atoms with van der Waals surface area (Å²) >= 11 is 0. The van der Waals surface area contributed by atoms with Crippen molar-refractivity contribution < 1.29 is 9.32 Å². The molecule has 1 amide bonds. The van der Waals surface area contributed by atoms with Crippen LogP contribution in [0, 0.1) is 6.92 Å². The van der Waals surface area contributed by atoms with E-state index in [0.29, 0.717) is 6.54 Å². The summed E-state index contributed by atoms with van der Waals surface area (Å²) in [6.45, 7) is 3.87. The van der Waals surface area contributed by atoms with Gasteiger partial charge in [0.25, 0.3) is 0 Å². The van der Waals surface area contributed by atoms with Gasteiger partial charge in [-0.05, 0) is 32.4 Å². The van der Waals surface area contributed by atoms with Crippen LogP contribution in [0.25, 0.3) is 0 Å². The van der Waals surface area contributed by atoms with E-state index >= 15 is 0 Å². The van der Waals surface area contributed by atoms with E-state index in [1.54, 1.807) is 0 Å². The molecule has 1 aliphatic rings. The average Bonchev–Trinajstić information content (AvgIpc) is 3.16. The number of likely N-dealkylation sites (N-methyl/N-ethyl adjacent to an activating group) is 1. The second kappa shape index (κ2) is 6.96. The molecule has 2 aromatic rings. The SMILES string of the molecule is Cc1cc([C@@H]2CCCN2C(=O)CN(C)Cc2ccccc2)no1. The van der Waals surface area contributed by atoms with E-state index in [4.69, 9.17) is 4.52 Å². The minimum atomic E-state index is 0.0603. The Morgan fingerprint density at radius 1 is 1.39 bits per heavy atom. The van der Waals surface area contributed by atoms with Crippen LogP contribution in [0.15, 0.2) is 40.9 Å². The summed E-state index contributed by atoms with van der Waals surface area (Å²) in [7, 11) is 1.98. The number of rotatable bonds is 5. The predicted molar refractivity (Wildman–Crippen MR) is 87.7 cm³/mol. The fourth-order valence-electron chi connectivity index (χ4n) is 3.19. The zero-order chi connectivity index (χ0) is 16.2. The molecule has 0 saturated carbocycles. The summed E-state index contributed by atoms with van der Waals surface area (Å²) in [6, 6.07) is 12.2. The lowest BCUT2D eigenvalue weighted by Gasteiger charge is -2.26. The zero-order valence-corrected chi connectivity index (χ0v) is 13.7. The Labute approximate surface area is 136 Å². The fourth-order valence-corrected chi connectivity index (χ4v) is 3.19. The lowest BCUT2D eigenvalue weighted by molar-refractivity contribution is -0.133. The molecule has 1 atom stereocenters. The van der Waals surface area contributed by atoms with Crippen molar-refractivity contribution in [2.45, 2.75) is 32.4 Å². The topological polar surface area (TPSA) is 49.6 Å². The van der Waals surface area contributed by atoms with Gasteiger partial charge in [0, 0.05) is 19.2 Å². The highest BCUT2D eigenvalue weighted by atomic mass is 16.5. The summed E-state index contributed by atoms with van der Waals surface area (Å²) in [6.07, 6.45) is 1.98. The van der Waals surface area contributed by atoms with Crippen LogP contribution in [0.3, 0.4) is 0 Å². The van der Waals surface area contributed by atoms with Crippen molar-refractivity contribution in [2.24, 2.45) is 0 Å². The summed E-state index contributed by atoms with van der Waals surface area (Å²) in [4.78, 5) is 16.7. The van der Waals surface area contributed by atoms with Gasteiger partial charge in [-0.1, -0.05) is 35.5 Å². The van der Waals surface area contributed by atoms with Crippen LogP contribution in [0.5, 0.6) is 0 Å². The number of carbonyl (C=O) groups is 1. The van der Waals surface area contributed by atoms with Gasteiger partial charge >= 0.3 is 0 Å². The molecule has 1 aromatic heterocycles. The Morgan fingerprint density at radius 3 is 2.87 bits per heavy atom. The summed E-state index contributed by atoms with van der Waals surface area (Å²) in [5.41, 5.74) is 2.09. The zero-order valence-electron chi connectivity index (χ0n) is 13.7. The third kappa shape index (κ3) is 3.79. The lowest BCUT2D eigenvalue weighted by Crippen LogP contribution is -2.38. The maximum absolute atomic E-state index is 12.7. The van der Waals surface area contributed by atoms with Gasteiger partial charge in [-0.2, -0.15) is 0 Å². The molecule has 0 bridgehead atoms. The van der Waals surface area contributed by atoms with Crippen molar-refractivity contribution in [3.63, 3.8) is 0 Å². The van der Waals surface area contributed by atoms with Crippen LogP contribution in [0.4, 0.5) is 0 Å². The molecule has 0 radical (unpaired) electrons. The molecular formula is C18H23N3O2. The number of aryl methyl sites for hydroxylation is 1. The molecule has 1 aromatic carbocycles. The third-order valence-electron chi connectivity index (χ3n) is 4.26. The molecule has 0 aliphatic carbocycles. The maximum atomic E-state index is 12.7. The number of nitrogens with zero attached hydrogens (tertiary/aromatic N) is 3. The van der Waals surface area contributed by atoms with Crippen LogP contribution >= 0.6 is 0 Å². The Balaban J connectivity index is 1.60. The van der Waals surface area contributed by atoms with E-state index in [0.717, 1.165) is 37.4 Å². The average molecular weight is 313 g/mol. The van der Waals surface area contributed by atoms with E-state index < -0.39 is 0 Å².